The van der Waals surface area contributed by atoms with E-state index >= 15 is 0 Å². The molecule has 2 heterocycles. The normalized spacial score (nSPS) is 11.9. The predicted octanol–water partition coefficient (Wildman–Crippen LogP) is 3.64. The van der Waals surface area contributed by atoms with Gasteiger partial charge in [0.25, 0.3) is 5.56 Å². The molecule has 0 spiro atoms. The minimum atomic E-state index is -0.719. The van der Waals surface area contributed by atoms with Crippen molar-refractivity contribution < 1.29 is 9.53 Å². The lowest BCUT2D eigenvalue weighted by atomic mass is 10.2. The van der Waals surface area contributed by atoms with Crippen LogP contribution in [0.5, 0.6) is 0 Å². The number of hydrogen-bond acceptors (Lipinski definition) is 6. The lowest BCUT2D eigenvalue weighted by molar-refractivity contribution is -0.140. The van der Waals surface area contributed by atoms with Gasteiger partial charge < -0.3 is 4.74 Å². The third-order valence-corrected chi connectivity index (χ3v) is 5.28. The van der Waals surface area contributed by atoms with Gasteiger partial charge in [-0.25, -0.2) is 4.98 Å². The van der Waals surface area contributed by atoms with Crippen LogP contribution in [0, 0.1) is 0 Å². The van der Waals surface area contributed by atoms with Crippen LogP contribution >= 0.6 is 23.4 Å². The van der Waals surface area contributed by atoms with Crippen LogP contribution in [-0.4, -0.2) is 27.6 Å². The Balaban J connectivity index is 2.15. The SMILES string of the molecule is C=CCn1c(S[C@H](C(=O)OC)c2cccnc2)nc2cc(Cl)ccc2c1=O. The number of pyridine rings is 1. The van der Waals surface area contributed by atoms with Crippen LogP contribution in [0.25, 0.3) is 10.9 Å². The van der Waals surface area contributed by atoms with Gasteiger partial charge in [0, 0.05) is 24.0 Å². The van der Waals surface area contributed by atoms with Gasteiger partial charge in [0.1, 0.15) is 5.25 Å². The van der Waals surface area contributed by atoms with Crippen LogP contribution in [0.4, 0.5) is 0 Å². The second kappa shape index (κ2) is 8.37. The minimum Gasteiger partial charge on any atom is -0.468 e. The van der Waals surface area contributed by atoms with Crippen LogP contribution in [0.3, 0.4) is 0 Å². The number of nitrogens with zero attached hydrogens (tertiary/aromatic N) is 3. The Bertz CT molecular complexity index is 1050. The van der Waals surface area contributed by atoms with Crippen molar-refractivity contribution in [2.75, 3.05) is 7.11 Å². The van der Waals surface area contributed by atoms with E-state index < -0.39 is 11.2 Å². The zero-order valence-electron chi connectivity index (χ0n) is 14.5. The van der Waals surface area contributed by atoms with Gasteiger partial charge in [0.2, 0.25) is 0 Å². The predicted molar refractivity (Wildman–Crippen MR) is 106 cm³/mol. The lowest BCUT2D eigenvalue weighted by Gasteiger charge is -2.17. The number of aromatic nitrogens is 3. The van der Waals surface area contributed by atoms with Gasteiger partial charge >= 0.3 is 5.97 Å². The molecule has 0 unspecified atom stereocenters. The van der Waals surface area contributed by atoms with E-state index in [0.717, 1.165) is 11.8 Å². The molecule has 3 rings (SSSR count). The van der Waals surface area contributed by atoms with Gasteiger partial charge in [-0.2, -0.15) is 0 Å². The summed E-state index contributed by atoms with van der Waals surface area (Å²) in [6.45, 7) is 3.96. The van der Waals surface area contributed by atoms with Crippen LogP contribution in [0.2, 0.25) is 5.02 Å². The highest BCUT2D eigenvalue weighted by Crippen LogP contribution is 2.35. The third kappa shape index (κ3) is 4.04. The molecular weight excluding hydrogens is 386 g/mol. The number of methoxy groups -OCH3 is 1. The maximum absolute atomic E-state index is 12.9. The highest BCUT2D eigenvalue weighted by Gasteiger charge is 2.26. The molecule has 0 amide bonds. The molecule has 0 aliphatic rings. The number of esters is 1. The van der Waals surface area contributed by atoms with E-state index in [0.29, 0.717) is 26.6 Å². The number of carbonyl (C=O) groups is 1. The molecule has 3 aromatic rings. The van der Waals surface area contributed by atoms with Crippen molar-refractivity contribution in [3.63, 3.8) is 0 Å². The molecule has 0 radical (unpaired) electrons. The Morgan fingerprint density at radius 3 is 2.93 bits per heavy atom. The maximum atomic E-state index is 12.9. The molecule has 138 valence electrons. The maximum Gasteiger partial charge on any atom is 0.323 e. The average Bonchev–Trinajstić information content (AvgIpc) is 2.68. The molecule has 0 bridgehead atoms. The van der Waals surface area contributed by atoms with E-state index in [4.69, 9.17) is 16.3 Å². The van der Waals surface area contributed by atoms with Gasteiger partial charge in [-0.15, -0.1) is 6.58 Å². The van der Waals surface area contributed by atoms with Crippen LogP contribution in [0.1, 0.15) is 10.8 Å². The van der Waals surface area contributed by atoms with Crippen molar-refractivity contribution >= 4 is 40.2 Å². The first kappa shape index (κ1) is 19.1. The number of allylic oxidation sites excluding steroid dienone is 1. The number of rotatable bonds is 6. The van der Waals surface area contributed by atoms with Gasteiger partial charge in [-0.05, 0) is 29.8 Å². The van der Waals surface area contributed by atoms with Crippen LogP contribution in [0.15, 0.2) is 65.3 Å². The minimum absolute atomic E-state index is 0.228. The molecule has 2 aromatic heterocycles. The van der Waals surface area contributed by atoms with Crippen molar-refractivity contribution in [1.82, 2.24) is 14.5 Å². The first-order chi connectivity index (χ1) is 13.0. The van der Waals surface area contributed by atoms with Gasteiger partial charge in [0.05, 0.1) is 18.0 Å². The molecule has 1 atom stereocenters. The van der Waals surface area contributed by atoms with Crippen molar-refractivity contribution in [2.24, 2.45) is 0 Å². The Kier molecular flexibility index (Phi) is 5.93. The number of fused-ring (bicyclic) bond motifs is 1. The zero-order valence-corrected chi connectivity index (χ0v) is 16.0. The summed E-state index contributed by atoms with van der Waals surface area (Å²) in [5.41, 5.74) is 0.888. The quantitative estimate of drug-likeness (QED) is 0.272. The Morgan fingerprint density at radius 2 is 2.26 bits per heavy atom. The summed E-state index contributed by atoms with van der Waals surface area (Å²) < 4.78 is 6.40. The standard InChI is InChI=1S/C19H16ClN3O3S/c1-3-9-23-17(24)14-7-6-13(20)10-15(14)22-19(23)27-16(18(25)26-2)12-5-4-8-21-11-12/h3-8,10-11,16H,1,9H2,2H3/t16-/m0/s1. The first-order valence-electron chi connectivity index (χ1n) is 8.00. The summed E-state index contributed by atoms with van der Waals surface area (Å²) >= 11 is 7.17. The second-order valence-corrected chi connectivity index (χ2v) is 7.08. The summed E-state index contributed by atoms with van der Waals surface area (Å²) in [6, 6.07) is 8.41. The van der Waals surface area contributed by atoms with E-state index in [1.54, 1.807) is 48.8 Å². The van der Waals surface area contributed by atoms with Crippen molar-refractivity contribution in [1.29, 1.82) is 0 Å². The molecule has 1 aromatic carbocycles. The summed E-state index contributed by atoms with van der Waals surface area (Å²) in [5, 5.41) is 0.572. The highest BCUT2D eigenvalue weighted by molar-refractivity contribution is 8.00. The van der Waals surface area contributed by atoms with Gasteiger partial charge in [0.15, 0.2) is 5.16 Å². The number of benzene rings is 1. The topological polar surface area (TPSA) is 74.1 Å². The monoisotopic (exact) mass is 401 g/mol. The molecule has 0 saturated heterocycles. The molecule has 27 heavy (non-hydrogen) atoms. The molecule has 0 aliphatic carbocycles. The molecule has 0 N–H and O–H groups in total. The molecule has 0 aliphatic heterocycles. The Labute approximate surface area is 164 Å². The van der Waals surface area contributed by atoms with E-state index in [-0.39, 0.29) is 12.1 Å². The van der Waals surface area contributed by atoms with E-state index in [9.17, 15) is 9.59 Å². The number of ether oxygens (including phenoxy) is 1. The summed E-state index contributed by atoms with van der Waals surface area (Å²) in [4.78, 5) is 33.9. The van der Waals surface area contributed by atoms with Gasteiger partial charge in [-0.3, -0.25) is 19.1 Å². The first-order valence-corrected chi connectivity index (χ1v) is 9.26. The second-order valence-electron chi connectivity index (χ2n) is 5.57. The Morgan fingerprint density at radius 1 is 1.44 bits per heavy atom. The van der Waals surface area contributed by atoms with E-state index in [2.05, 4.69) is 16.5 Å². The lowest BCUT2D eigenvalue weighted by Crippen LogP contribution is -2.24. The summed E-state index contributed by atoms with van der Waals surface area (Å²) in [5.74, 6) is -0.460. The zero-order chi connectivity index (χ0) is 19.4. The van der Waals surface area contributed by atoms with Crippen molar-refractivity contribution in [3.8, 4) is 0 Å². The van der Waals surface area contributed by atoms with E-state index in [1.807, 2.05) is 0 Å². The van der Waals surface area contributed by atoms with Crippen LogP contribution < -0.4 is 5.56 Å². The van der Waals surface area contributed by atoms with Crippen molar-refractivity contribution in [2.45, 2.75) is 17.0 Å². The fourth-order valence-electron chi connectivity index (χ4n) is 2.55. The van der Waals surface area contributed by atoms with Crippen LogP contribution in [-0.2, 0) is 16.1 Å². The number of halogens is 1. The third-order valence-electron chi connectivity index (χ3n) is 3.82. The van der Waals surface area contributed by atoms with Gasteiger partial charge in [-0.1, -0.05) is 35.5 Å². The van der Waals surface area contributed by atoms with E-state index in [1.165, 1.54) is 11.7 Å². The molecule has 0 saturated carbocycles. The number of hydrogen-bond donors (Lipinski definition) is 0. The fraction of sp³-hybridized carbons (Fsp3) is 0.158. The van der Waals surface area contributed by atoms with Crippen molar-refractivity contribution in [3.05, 3.63) is 76.3 Å². The number of carbonyl (C=O) groups excluding carboxylic acids is 1. The molecule has 6 nitrogen and oxygen atoms in total. The molecule has 8 heteroatoms. The average molecular weight is 402 g/mol. The smallest absolute Gasteiger partial charge is 0.323 e. The summed E-state index contributed by atoms with van der Waals surface area (Å²) in [7, 11) is 1.32. The fourth-order valence-corrected chi connectivity index (χ4v) is 3.83. The number of thioether (sulfide) groups is 1. The highest BCUT2D eigenvalue weighted by atomic mass is 35.5. The molecule has 0 fully saturated rings. The summed E-state index contributed by atoms with van der Waals surface area (Å²) in [6.07, 6.45) is 4.81. The Hall–Kier alpha value is -2.64. The molecular formula is C19H16ClN3O3S. The largest absolute Gasteiger partial charge is 0.468 e.